The van der Waals surface area contributed by atoms with Crippen LogP contribution in [0.4, 0.5) is 0 Å². The maximum absolute atomic E-state index is 12.7. The van der Waals surface area contributed by atoms with Gasteiger partial charge in [0.2, 0.25) is 17.6 Å². The molecule has 36 heavy (non-hydrogen) atoms. The highest BCUT2D eigenvalue weighted by Gasteiger charge is 2.26. The summed E-state index contributed by atoms with van der Waals surface area (Å²) in [7, 11) is 3.21. The van der Waals surface area contributed by atoms with Crippen molar-refractivity contribution in [3.63, 3.8) is 0 Å². The van der Waals surface area contributed by atoms with E-state index in [-0.39, 0.29) is 11.8 Å². The Labute approximate surface area is 214 Å². The number of benzene rings is 1. The minimum atomic E-state index is 0.0876. The fourth-order valence-electron chi connectivity index (χ4n) is 5.41. The number of nitrogens with zero attached hydrogens (tertiary/aromatic N) is 4. The van der Waals surface area contributed by atoms with Gasteiger partial charge < -0.3 is 24.2 Å². The van der Waals surface area contributed by atoms with Crippen LogP contribution in [0, 0.1) is 5.92 Å². The van der Waals surface area contributed by atoms with Gasteiger partial charge in [0.25, 0.3) is 0 Å². The molecule has 2 fully saturated rings. The molecule has 4 rings (SSSR count). The second kappa shape index (κ2) is 13.1. The molecule has 9 heteroatoms. The Bertz CT molecular complexity index is 973. The third-order valence-electron chi connectivity index (χ3n) is 7.57. The third-order valence-corrected chi connectivity index (χ3v) is 7.57. The minimum Gasteiger partial charge on any atom is -0.493 e. The standard InChI is InChI=1S/C27H41N5O4/c1-4-22-8-5-6-14-32(22)15-7-13-28-27(33)20-11-16-31(17-12-20)19-25-29-26(30-36-25)21-9-10-23(34-2)24(18-21)35-3/h9-10,18,20,22H,4-8,11-17,19H2,1-3H3,(H,28,33). The van der Waals surface area contributed by atoms with Crippen LogP contribution in [0.1, 0.15) is 57.8 Å². The van der Waals surface area contributed by atoms with Gasteiger partial charge in [0.05, 0.1) is 20.8 Å². The average Bonchev–Trinajstić information content (AvgIpc) is 3.39. The molecule has 1 aromatic heterocycles. The molecule has 1 aromatic carbocycles. The highest BCUT2D eigenvalue weighted by molar-refractivity contribution is 5.78. The van der Waals surface area contributed by atoms with Crippen molar-refractivity contribution in [2.45, 2.75) is 64.5 Å². The van der Waals surface area contributed by atoms with Crippen molar-refractivity contribution in [2.24, 2.45) is 5.92 Å². The third kappa shape index (κ3) is 6.76. The summed E-state index contributed by atoms with van der Waals surface area (Å²) < 4.78 is 16.2. The predicted octanol–water partition coefficient (Wildman–Crippen LogP) is 3.74. The number of ether oxygens (including phenoxy) is 2. The number of piperidine rings is 2. The number of methoxy groups -OCH3 is 2. The van der Waals surface area contributed by atoms with Crippen LogP contribution in [-0.4, -0.2) is 78.8 Å². The van der Waals surface area contributed by atoms with Crippen LogP contribution in [-0.2, 0) is 11.3 Å². The quantitative estimate of drug-likeness (QED) is 0.468. The van der Waals surface area contributed by atoms with Crippen LogP contribution < -0.4 is 14.8 Å². The van der Waals surface area contributed by atoms with Crippen LogP contribution in [0.2, 0.25) is 0 Å². The van der Waals surface area contributed by atoms with Gasteiger partial charge in [0.15, 0.2) is 11.5 Å². The van der Waals surface area contributed by atoms with Gasteiger partial charge in [-0.3, -0.25) is 9.69 Å². The van der Waals surface area contributed by atoms with Crippen molar-refractivity contribution >= 4 is 5.91 Å². The van der Waals surface area contributed by atoms with Gasteiger partial charge in [-0.15, -0.1) is 0 Å². The second-order valence-corrected chi connectivity index (χ2v) is 9.87. The first-order valence-electron chi connectivity index (χ1n) is 13.4. The van der Waals surface area contributed by atoms with Gasteiger partial charge in [-0.1, -0.05) is 18.5 Å². The van der Waals surface area contributed by atoms with Gasteiger partial charge in [-0.25, -0.2) is 0 Å². The molecule has 1 atom stereocenters. The summed E-state index contributed by atoms with van der Waals surface area (Å²) in [6.45, 7) is 7.63. The molecule has 2 saturated heterocycles. The van der Waals surface area contributed by atoms with E-state index in [0.717, 1.165) is 57.0 Å². The smallest absolute Gasteiger partial charge is 0.241 e. The van der Waals surface area contributed by atoms with Crippen LogP contribution in [0.25, 0.3) is 11.4 Å². The van der Waals surface area contributed by atoms with Crippen LogP contribution in [0.5, 0.6) is 11.5 Å². The monoisotopic (exact) mass is 499 g/mol. The van der Waals surface area contributed by atoms with E-state index in [1.807, 2.05) is 18.2 Å². The highest BCUT2D eigenvalue weighted by Crippen LogP contribution is 2.31. The molecule has 2 aliphatic heterocycles. The van der Waals surface area contributed by atoms with E-state index in [2.05, 4.69) is 32.2 Å². The van der Waals surface area contributed by atoms with Crippen molar-refractivity contribution in [3.05, 3.63) is 24.1 Å². The number of carbonyl (C=O) groups is 1. The summed E-state index contributed by atoms with van der Waals surface area (Å²) in [6, 6.07) is 6.28. The van der Waals surface area contributed by atoms with Crippen LogP contribution in [0.15, 0.2) is 22.7 Å². The summed E-state index contributed by atoms with van der Waals surface area (Å²) >= 11 is 0. The summed E-state index contributed by atoms with van der Waals surface area (Å²) in [5.41, 5.74) is 0.809. The Morgan fingerprint density at radius 1 is 1.11 bits per heavy atom. The van der Waals surface area contributed by atoms with E-state index < -0.39 is 0 Å². The first kappa shape index (κ1) is 26.4. The van der Waals surface area contributed by atoms with Crippen molar-refractivity contribution < 1.29 is 18.8 Å². The lowest BCUT2D eigenvalue weighted by molar-refractivity contribution is -0.126. The number of amides is 1. The molecule has 1 unspecified atom stereocenters. The molecule has 3 heterocycles. The maximum atomic E-state index is 12.7. The lowest BCUT2D eigenvalue weighted by Gasteiger charge is -2.35. The van der Waals surface area contributed by atoms with E-state index in [1.165, 1.54) is 32.2 Å². The number of carbonyl (C=O) groups excluding carboxylic acids is 1. The summed E-state index contributed by atoms with van der Waals surface area (Å²) in [6.07, 6.45) is 7.95. The second-order valence-electron chi connectivity index (χ2n) is 9.87. The number of likely N-dealkylation sites (tertiary alicyclic amines) is 2. The van der Waals surface area contributed by atoms with Crippen molar-refractivity contribution in [2.75, 3.05) is 46.9 Å². The summed E-state index contributed by atoms with van der Waals surface area (Å²) in [4.78, 5) is 22.1. The van der Waals surface area contributed by atoms with E-state index in [1.54, 1.807) is 14.2 Å². The molecule has 1 amide bonds. The number of rotatable bonds is 11. The molecule has 0 saturated carbocycles. The number of hydrogen-bond donors (Lipinski definition) is 1. The Hall–Kier alpha value is -2.65. The Morgan fingerprint density at radius 3 is 2.67 bits per heavy atom. The zero-order chi connectivity index (χ0) is 25.3. The predicted molar refractivity (Wildman–Crippen MR) is 138 cm³/mol. The first-order valence-corrected chi connectivity index (χ1v) is 13.4. The number of nitrogens with one attached hydrogen (secondary N) is 1. The molecule has 1 N–H and O–H groups in total. The van der Waals surface area contributed by atoms with Gasteiger partial charge in [-0.2, -0.15) is 4.98 Å². The van der Waals surface area contributed by atoms with Gasteiger partial charge in [0.1, 0.15) is 0 Å². The molecular weight excluding hydrogens is 458 g/mol. The van der Waals surface area contributed by atoms with Crippen LogP contribution in [0.3, 0.4) is 0 Å². The highest BCUT2D eigenvalue weighted by atomic mass is 16.5. The van der Waals surface area contributed by atoms with E-state index in [0.29, 0.717) is 29.8 Å². The van der Waals surface area contributed by atoms with E-state index in [4.69, 9.17) is 14.0 Å². The largest absolute Gasteiger partial charge is 0.493 e. The van der Waals surface area contributed by atoms with Crippen molar-refractivity contribution in [1.29, 1.82) is 0 Å². The van der Waals surface area contributed by atoms with Crippen LogP contribution >= 0.6 is 0 Å². The van der Waals surface area contributed by atoms with E-state index in [9.17, 15) is 4.79 Å². The molecule has 2 aromatic rings. The average molecular weight is 500 g/mol. The zero-order valence-corrected chi connectivity index (χ0v) is 22.0. The Kier molecular flexibility index (Phi) is 9.58. The summed E-state index contributed by atoms with van der Waals surface area (Å²) in [5, 5.41) is 7.32. The number of aromatic nitrogens is 2. The molecule has 0 bridgehead atoms. The fourth-order valence-corrected chi connectivity index (χ4v) is 5.41. The van der Waals surface area contributed by atoms with Gasteiger partial charge in [0, 0.05) is 30.6 Å². The zero-order valence-electron chi connectivity index (χ0n) is 22.0. The topological polar surface area (TPSA) is 93.0 Å². The molecule has 0 aliphatic carbocycles. The maximum Gasteiger partial charge on any atom is 0.241 e. The molecular formula is C27H41N5O4. The lowest BCUT2D eigenvalue weighted by Crippen LogP contribution is -2.42. The SMILES string of the molecule is CCC1CCCCN1CCCNC(=O)C1CCN(Cc2nc(-c3ccc(OC)c(OC)c3)no2)CC1. The molecule has 9 nitrogen and oxygen atoms in total. The van der Waals surface area contributed by atoms with Crippen molar-refractivity contribution in [1.82, 2.24) is 25.3 Å². The first-order chi connectivity index (χ1) is 17.6. The minimum absolute atomic E-state index is 0.0876. The fraction of sp³-hybridized carbons (Fsp3) is 0.667. The van der Waals surface area contributed by atoms with E-state index >= 15 is 0 Å². The lowest BCUT2D eigenvalue weighted by atomic mass is 9.96. The normalized spacial score (nSPS) is 19.8. The van der Waals surface area contributed by atoms with Gasteiger partial charge >= 0.3 is 0 Å². The summed E-state index contributed by atoms with van der Waals surface area (Å²) in [5.74, 6) is 2.67. The van der Waals surface area contributed by atoms with Gasteiger partial charge in [-0.05, 0) is 76.4 Å². The molecule has 198 valence electrons. The number of hydrogen-bond acceptors (Lipinski definition) is 8. The molecule has 2 aliphatic rings. The van der Waals surface area contributed by atoms with Crippen molar-refractivity contribution in [3.8, 4) is 22.9 Å². The Balaban J connectivity index is 1.18. The Morgan fingerprint density at radius 2 is 1.92 bits per heavy atom. The molecule has 0 radical (unpaired) electrons. The molecule has 0 spiro atoms.